The lowest BCUT2D eigenvalue weighted by Crippen LogP contribution is -2.42. The Hall–Kier alpha value is -2.14. The SMILES string of the molecule is Cc1ccc(C2=C(N3CCCC(CO)C3)C(=O)N(C(C)C)C2=O)cc1C. The first-order valence-electron chi connectivity index (χ1n) is 9.40. The first-order chi connectivity index (χ1) is 12.3. The fourth-order valence-corrected chi connectivity index (χ4v) is 3.87. The summed E-state index contributed by atoms with van der Waals surface area (Å²) in [4.78, 5) is 29.6. The Balaban J connectivity index is 2.11. The number of carbonyl (C=O) groups excluding carboxylic acids is 2. The number of aryl methyl sites for hydroxylation is 2. The number of likely N-dealkylation sites (tertiary alicyclic amines) is 1. The fourth-order valence-electron chi connectivity index (χ4n) is 3.87. The molecular formula is C21H28N2O3. The van der Waals surface area contributed by atoms with Crippen LogP contribution in [0.15, 0.2) is 23.9 Å². The molecule has 0 aliphatic carbocycles. The van der Waals surface area contributed by atoms with E-state index < -0.39 is 0 Å². The number of piperidine rings is 1. The average Bonchev–Trinajstić information content (AvgIpc) is 2.88. The van der Waals surface area contributed by atoms with Crippen LogP contribution in [-0.4, -0.2) is 52.5 Å². The van der Waals surface area contributed by atoms with E-state index >= 15 is 0 Å². The molecule has 1 fully saturated rings. The molecule has 5 heteroatoms. The molecule has 2 aliphatic heterocycles. The van der Waals surface area contributed by atoms with Gasteiger partial charge in [-0.05, 0) is 63.1 Å². The van der Waals surface area contributed by atoms with Gasteiger partial charge in [-0.1, -0.05) is 18.2 Å². The summed E-state index contributed by atoms with van der Waals surface area (Å²) in [5, 5.41) is 9.55. The van der Waals surface area contributed by atoms with Crippen molar-refractivity contribution < 1.29 is 14.7 Å². The number of benzene rings is 1. The largest absolute Gasteiger partial charge is 0.396 e. The fraction of sp³-hybridized carbons (Fsp3) is 0.524. The van der Waals surface area contributed by atoms with E-state index in [1.807, 2.05) is 50.8 Å². The van der Waals surface area contributed by atoms with Crippen molar-refractivity contribution >= 4 is 17.4 Å². The highest BCUT2D eigenvalue weighted by Crippen LogP contribution is 2.35. The Bertz CT molecular complexity index is 767. The number of hydrogen-bond acceptors (Lipinski definition) is 4. The molecule has 140 valence electrons. The number of carbonyl (C=O) groups is 2. The van der Waals surface area contributed by atoms with E-state index in [1.54, 1.807) is 0 Å². The molecule has 0 spiro atoms. The van der Waals surface area contributed by atoms with E-state index in [4.69, 9.17) is 0 Å². The van der Waals surface area contributed by atoms with E-state index in [-0.39, 0.29) is 30.4 Å². The Morgan fingerprint density at radius 3 is 2.50 bits per heavy atom. The maximum absolute atomic E-state index is 13.1. The van der Waals surface area contributed by atoms with Gasteiger partial charge in [0.1, 0.15) is 5.70 Å². The minimum Gasteiger partial charge on any atom is -0.396 e. The second-order valence-electron chi connectivity index (χ2n) is 7.73. The molecule has 2 amide bonds. The Morgan fingerprint density at radius 2 is 1.88 bits per heavy atom. The molecule has 1 saturated heterocycles. The number of aliphatic hydroxyl groups excluding tert-OH is 1. The standard InChI is InChI=1S/C21H28N2O3/c1-13(2)23-20(25)18(17-8-7-14(3)15(4)10-17)19(21(23)26)22-9-5-6-16(11-22)12-24/h7-8,10,13,16,24H,5-6,9,11-12H2,1-4H3. The minimum atomic E-state index is -0.214. The van der Waals surface area contributed by atoms with Gasteiger partial charge in [-0.3, -0.25) is 14.5 Å². The third kappa shape index (κ3) is 3.16. The topological polar surface area (TPSA) is 60.9 Å². The van der Waals surface area contributed by atoms with E-state index in [9.17, 15) is 14.7 Å². The summed E-state index contributed by atoms with van der Waals surface area (Å²) in [7, 11) is 0. The second kappa shape index (κ2) is 7.23. The van der Waals surface area contributed by atoms with Crippen molar-refractivity contribution in [3.8, 4) is 0 Å². The molecular weight excluding hydrogens is 328 g/mol. The molecule has 1 aromatic carbocycles. The van der Waals surface area contributed by atoms with Crippen molar-refractivity contribution in [2.75, 3.05) is 19.7 Å². The van der Waals surface area contributed by atoms with Crippen LogP contribution in [0.5, 0.6) is 0 Å². The average molecular weight is 356 g/mol. The quantitative estimate of drug-likeness (QED) is 0.842. The van der Waals surface area contributed by atoms with Gasteiger partial charge in [0.15, 0.2) is 0 Å². The summed E-state index contributed by atoms with van der Waals surface area (Å²) in [6.45, 7) is 9.25. The highest BCUT2D eigenvalue weighted by atomic mass is 16.3. The lowest BCUT2D eigenvalue weighted by molar-refractivity contribution is -0.139. The van der Waals surface area contributed by atoms with Gasteiger partial charge in [-0.2, -0.15) is 0 Å². The molecule has 3 rings (SSSR count). The Morgan fingerprint density at radius 1 is 1.15 bits per heavy atom. The molecule has 5 nitrogen and oxygen atoms in total. The van der Waals surface area contributed by atoms with E-state index in [0.717, 1.165) is 36.1 Å². The molecule has 1 atom stereocenters. The van der Waals surface area contributed by atoms with Crippen LogP contribution >= 0.6 is 0 Å². The second-order valence-corrected chi connectivity index (χ2v) is 7.73. The van der Waals surface area contributed by atoms with Crippen LogP contribution in [0, 0.1) is 19.8 Å². The van der Waals surface area contributed by atoms with Crippen molar-refractivity contribution in [3.05, 3.63) is 40.6 Å². The van der Waals surface area contributed by atoms with Crippen LogP contribution in [0.25, 0.3) is 5.57 Å². The third-order valence-electron chi connectivity index (χ3n) is 5.50. The smallest absolute Gasteiger partial charge is 0.278 e. The molecule has 0 aromatic heterocycles. The molecule has 1 aromatic rings. The number of hydrogen-bond donors (Lipinski definition) is 1. The number of imide groups is 1. The van der Waals surface area contributed by atoms with Crippen LogP contribution < -0.4 is 0 Å². The van der Waals surface area contributed by atoms with Gasteiger partial charge < -0.3 is 10.0 Å². The zero-order valence-electron chi connectivity index (χ0n) is 16.1. The van der Waals surface area contributed by atoms with E-state index in [0.29, 0.717) is 17.8 Å². The van der Waals surface area contributed by atoms with Crippen LogP contribution in [0.2, 0.25) is 0 Å². The van der Waals surface area contributed by atoms with Gasteiger partial charge in [0.05, 0.1) is 5.57 Å². The van der Waals surface area contributed by atoms with Gasteiger partial charge in [0, 0.05) is 25.7 Å². The van der Waals surface area contributed by atoms with Gasteiger partial charge in [-0.25, -0.2) is 0 Å². The van der Waals surface area contributed by atoms with Crippen LogP contribution in [0.1, 0.15) is 43.4 Å². The molecule has 0 saturated carbocycles. The van der Waals surface area contributed by atoms with E-state index in [1.165, 1.54) is 4.90 Å². The van der Waals surface area contributed by atoms with Crippen molar-refractivity contribution in [3.63, 3.8) is 0 Å². The highest BCUT2D eigenvalue weighted by Gasteiger charge is 2.43. The maximum Gasteiger partial charge on any atom is 0.278 e. The van der Waals surface area contributed by atoms with Gasteiger partial charge in [0.25, 0.3) is 11.8 Å². The van der Waals surface area contributed by atoms with Crippen molar-refractivity contribution in [2.24, 2.45) is 5.92 Å². The Kier molecular flexibility index (Phi) is 5.19. The summed E-state index contributed by atoms with van der Waals surface area (Å²) in [5.41, 5.74) is 4.07. The summed E-state index contributed by atoms with van der Waals surface area (Å²) < 4.78 is 0. The minimum absolute atomic E-state index is 0.110. The zero-order chi connectivity index (χ0) is 19.0. The summed E-state index contributed by atoms with van der Waals surface area (Å²) in [6.07, 6.45) is 1.87. The first-order valence-corrected chi connectivity index (χ1v) is 9.40. The molecule has 0 bridgehead atoms. The monoisotopic (exact) mass is 356 g/mol. The number of rotatable bonds is 4. The van der Waals surface area contributed by atoms with Crippen molar-refractivity contribution in [1.29, 1.82) is 0 Å². The number of aliphatic hydroxyl groups is 1. The first kappa shape index (κ1) is 18.6. The molecule has 0 radical (unpaired) electrons. The van der Waals surface area contributed by atoms with Gasteiger partial charge >= 0.3 is 0 Å². The Labute approximate surface area is 155 Å². The maximum atomic E-state index is 13.1. The molecule has 1 N–H and O–H groups in total. The van der Waals surface area contributed by atoms with Gasteiger partial charge in [0.2, 0.25) is 0 Å². The summed E-state index contributed by atoms with van der Waals surface area (Å²) in [6, 6.07) is 5.73. The molecule has 2 aliphatic rings. The van der Waals surface area contributed by atoms with Crippen LogP contribution in [0.3, 0.4) is 0 Å². The molecule has 26 heavy (non-hydrogen) atoms. The highest BCUT2D eigenvalue weighted by molar-refractivity contribution is 6.35. The number of nitrogens with zero attached hydrogens (tertiary/aromatic N) is 2. The zero-order valence-corrected chi connectivity index (χ0v) is 16.1. The van der Waals surface area contributed by atoms with Gasteiger partial charge in [-0.15, -0.1) is 0 Å². The molecule has 1 unspecified atom stereocenters. The summed E-state index contributed by atoms with van der Waals surface area (Å²) in [5.74, 6) is -0.278. The van der Waals surface area contributed by atoms with Crippen molar-refractivity contribution in [2.45, 2.75) is 46.6 Å². The van der Waals surface area contributed by atoms with Crippen LogP contribution in [-0.2, 0) is 9.59 Å². The van der Waals surface area contributed by atoms with E-state index in [2.05, 4.69) is 0 Å². The number of amides is 2. The predicted octanol–water partition coefficient (Wildman–Crippen LogP) is 2.50. The lowest BCUT2D eigenvalue weighted by Gasteiger charge is -2.34. The van der Waals surface area contributed by atoms with Crippen molar-refractivity contribution in [1.82, 2.24) is 9.80 Å². The summed E-state index contributed by atoms with van der Waals surface area (Å²) >= 11 is 0. The lowest BCUT2D eigenvalue weighted by atomic mass is 9.96. The molecule has 2 heterocycles. The van der Waals surface area contributed by atoms with Crippen LogP contribution in [0.4, 0.5) is 0 Å². The third-order valence-corrected chi connectivity index (χ3v) is 5.50. The predicted molar refractivity (Wildman–Crippen MR) is 101 cm³/mol. The normalized spacial score (nSPS) is 21.4.